The molecule has 3 nitrogen and oxygen atoms in total. The van der Waals surface area contributed by atoms with Gasteiger partial charge in [-0.25, -0.2) is 0 Å². The number of nitrogens with zero attached hydrogens (tertiary/aromatic N) is 1. The van der Waals surface area contributed by atoms with Crippen LogP contribution in [0.3, 0.4) is 0 Å². The summed E-state index contributed by atoms with van der Waals surface area (Å²) in [7, 11) is 0. The normalized spacial score (nSPS) is 9.36. The molecule has 11 heavy (non-hydrogen) atoms. The number of allylic oxidation sites excluding steroid dienone is 1. The van der Waals surface area contributed by atoms with Crippen molar-refractivity contribution in [3.63, 3.8) is 0 Å². The smallest absolute Gasteiger partial charge is 0.259 e. The molecule has 0 saturated heterocycles. The van der Waals surface area contributed by atoms with Gasteiger partial charge in [-0.3, -0.25) is 10.1 Å². The van der Waals surface area contributed by atoms with E-state index in [0.717, 1.165) is 0 Å². The number of hydrogen-bond acceptors (Lipinski definition) is 2. The number of rotatable bonds is 4. The minimum absolute atomic E-state index is 0.172. The van der Waals surface area contributed by atoms with Crippen molar-refractivity contribution in [2.45, 2.75) is 12.8 Å². The number of nitro groups is 1. The van der Waals surface area contributed by atoms with Gasteiger partial charge in [-0.2, -0.15) is 0 Å². The largest absolute Gasteiger partial charge is 0.276 e. The first-order valence-corrected chi connectivity index (χ1v) is 4.13. The van der Waals surface area contributed by atoms with Crippen LogP contribution in [0.15, 0.2) is 10.2 Å². The van der Waals surface area contributed by atoms with Crippen LogP contribution in [0.5, 0.6) is 0 Å². The second-order valence-corrected chi connectivity index (χ2v) is 3.08. The highest BCUT2D eigenvalue weighted by molar-refractivity contribution is 6.56. The predicted octanol–water partition coefficient (Wildman–Crippen LogP) is 2.93. The van der Waals surface area contributed by atoms with Gasteiger partial charge in [0.25, 0.3) is 5.70 Å². The summed E-state index contributed by atoms with van der Waals surface area (Å²) in [5.74, 6) is 0.360. The minimum atomic E-state index is -0.595. The Labute approximate surface area is 79.1 Å². The Hall–Kier alpha value is 0.01000. The molecule has 0 aromatic carbocycles. The molecule has 0 N–H and O–H groups in total. The average Bonchev–Trinajstić information content (AvgIpc) is 1.87. The zero-order chi connectivity index (χ0) is 8.85. The molecule has 0 rings (SSSR count). The molecule has 0 spiro atoms. The quantitative estimate of drug-likeness (QED) is 0.414. The van der Waals surface area contributed by atoms with Crippen molar-refractivity contribution in [1.82, 2.24) is 0 Å². The Morgan fingerprint density at radius 2 is 2.00 bits per heavy atom. The van der Waals surface area contributed by atoms with Gasteiger partial charge in [0.1, 0.15) is 0 Å². The third-order valence-corrected chi connectivity index (χ3v) is 1.69. The van der Waals surface area contributed by atoms with Gasteiger partial charge in [0.2, 0.25) is 0 Å². The fourth-order valence-electron chi connectivity index (χ4n) is 0.489. The molecule has 0 heterocycles. The van der Waals surface area contributed by atoms with Crippen molar-refractivity contribution in [2.75, 3.05) is 5.88 Å². The van der Waals surface area contributed by atoms with Crippen LogP contribution in [0.4, 0.5) is 0 Å². The van der Waals surface area contributed by atoms with Crippen molar-refractivity contribution in [1.29, 1.82) is 0 Å². The first kappa shape index (κ1) is 11.0. The zero-order valence-corrected chi connectivity index (χ0v) is 7.79. The van der Waals surface area contributed by atoms with E-state index in [2.05, 4.69) is 0 Å². The fraction of sp³-hybridized carbons (Fsp3) is 0.600. The van der Waals surface area contributed by atoms with E-state index in [1.165, 1.54) is 0 Å². The summed E-state index contributed by atoms with van der Waals surface area (Å²) in [6.45, 7) is 0. The number of alkyl halides is 1. The molecule has 0 bridgehead atoms. The first-order chi connectivity index (χ1) is 5.09. The average molecular weight is 218 g/mol. The van der Waals surface area contributed by atoms with Gasteiger partial charge in [-0.15, -0.1) is 11.6 Å². The Morgan fingerprint density at radius 1 is 1.45 bits per heavy atom. The minimum Gasteiger partial charge on any atom is -0.259 e. The molecule has 0 aromatic rings. The van der Waals surface area contributed by atoms with Crippen molar-refractivity contribution in [3.8, 4) is 0 Å². The molecule has 6 heteroatoms. The topological polar surface area (TPSA) is 43.1 Å². The van der Waals surface area contributed by atoms with Gasteiger partial charge >= 0.3 is 0 Å². The van der Waals surface area contributed by atoms with E-state index >= 15 is 0 Å². The van der Waals surface area contributed by atoms with E-state index in [-0.39, 0.29) is 16.6 Å². The molecule has 0 amide bonds. The van der Waals surface area contributed by atoms with Crippen LogP contribution in [0.2, 0.25) is 0 Å². The van der Waals surface area contributed by atoms with Gasteiger partial charge in [0.05, 0.1) is 4.92 Å². The summed E-state index contributed by atoms with van der Waals surface area (Å²) in [6.07, 6.45) is 0.708. The molecule has 0 radical (unpaired) electrons. The first-order valence-electron chi connectivity index (χ1n) is 2.84. The van der Waals surface area contributed by atoms with Crippen LogP contribution < -0.4 is 0 Å². The molecule has 0 atom stereocenters. The van der Waals surface area contributed by atoms with E-state index in [4.69, 9.17) is 34.8 Å². The molecule has 0 unspecified atom stereocenters. The third-order valence-electron chi connectivity index (χ3n) is 0.986. The summed E-state index contributed by atoms with van der Waals surface area (Å²) >= 11 is 15.8. The lowest BCUT2D eigenvalue weighted by Gasteiger charge is -1.95. The molecule has 64 valence electrons. The lowest BCUT2D eigenvalue weighted by molar-refractivity contribution is -0.428. The Kier molecular flexibility index (Phi) is 5.64. The third kappa shape index (κ3) is 4.45. The monoisotopic (exact) mass is 217 g/mol. The zero-order valence-electron chi connectivity index (χ0n) is 5.52. The molecule has 0 aliphatic heterocycles. The van der Waals surface area contributed by atoms with E-state index in [1.54, 1.807) is 0 Å². The predicted molar refractivity (Wildman–Crippen MR) is 45.7 cm³/mol. The second-order valence-electron chi connectivity index (χ2n) is 1.76. The maximum absolute atomic E-state index is 10.2. The number of halogens is 3. The molecule has 0 aliphatic rings. The standard InChI is InChI=1S/C5H6Cl3NO2/c6-3-1-2-4(5(7)8)9(10)11/h1-3H2. The molecule has 0 aromatic heterocycles. The molecular formula is C5H6Cl3NO2. The molecule has 0 saturated carbocycles. The highest BCUT2D eigenvalue weighted by atomic mass is 35.5. The van der Waals surface area contributed by atoms with Gasteiger partial charge in [-0.05, 0) is 6.42 Å². The lowest BCUT2D eigenvalue weighted by Crippen LogP contribution is -1.99. The van der Waals surface area contributed by atoms with Crippen molar-refractivity contribution in [2.24, 2.45) is 0 Å². The van der Waals surface area contributed by atoms with Gasteiger partial charge < -0.3 is 0 Å². The van der Waals surface area contributed by atoms with E-state index in [1.807, 2.05) is 0 Å². The maximum atomic E-state index is 10.2. The summed E-state index contributed by atoms with van der Waals surface area (Å²) < 4.78 is -0.292. The molecule has 0 aliphatic carbocycles. The highest BCUT2D eigenvalue weighted by Gasteiger charge is 2.14. The highest BCUT2D eigenvalue weighted by Crippen LogP contribution is 2.19. The molecular weight excluding hydrogens is 212 g/mol. The van der Waals surface area contributed by atoms with Crippen LogP contribution in [0, 0.1) is 10.1 Å². The Balaban J connectivity index is 4.14. The van der Waals surface area contributed by atoms with Crippen LogP contribution in [0.1, 0.15) is 12.8 Å². The fourth-order valence-corrected chi connectivity index (χ4v) is 0.950. The van der Waals surface area contributed by atoms with Gasteiger partial charge in [-0.1, -0.05) is 23.2 Å². The Morgan fingerprint density at radius 3 is 2.27 bits per heavy atom. The van der Waals surface area contributed by atoms with Gasteiger partial charge in [0.15, 0.2) is 4.49 Å². The van der Waals surface area contributed by atoms with Crippen LogP contribution in [-0.4, -0.2) is 10.8 Å². The summed E-state index contributed by atoms with van der Waals surface area (Å²) in [4.78, 5) is 9.59. The second kappa shape index (κ2) is 5.63. The lowest BCUT2D eigenvalue weighted by atomic mass is 10.3. The molecule has 0 fully saturated rings. The maximum Gasteiger partial charge on any atom is 0.276 e. The van der Waals surface area contributed by atoms with Crippen molar-refractivity contribution in [3.05, 3.63) is 20.3 Å². The summed E-state index contributed by atoms with van der Waals surface area (Å²) in [6, 6.07) is 0. The summed E-state index contributed by atoms with van der Waals surface area (Å²) in [5, 5.41) is 10.2. The summed E-state index contributed by atoms with van der Waals surface area (Å²) in [5.41, 5.74) is -0.172. The van der Waals surface area contributed by atoms with Crippen LogP contribution >= 0.6 is 34.8 Å². The van der Waals surface area contributed by atoms with E-state index in [0.29, 0.717) is 12.3 Å². The SMILES string of the molecule is O=[N+]([O-])C(CCCCl)=C(Cl)Cl. The van der Waals surface area contributed by atoms with Gasteiger partial charge in [0, 0.05) is 12.3 Å². The van der Waals surface area contributed by atoms with Crippen molar-refractivity contribution < 1.29 is 4.92 Å². The van der Waals surface area contributed by atoms with Crippen LogP contribution in [0.25, 0.3) is 0 Å². The Bertz CT molecular complexity index is 177. The van der Waals surface area contributed by atoms with Crippen molar-refractivity contribution >= 4 is 34.8 Å². The van der Waals surface area contributed by atoms with Crippen LogP contribution in [-0.2, 0) is 0 Å². The van der Waals surface area contributed by atoms with E-state index in [9.17, 15) is 10.1 Å². The number of hydrogen-bond donors (Lipinski definition) is 0. The van der Waals surface area contributed by atoms with E-state index < -0.39 is 4.92 Å².